The van der Waals surface area contributed by atoms with Gasteiger partial charge < -0.3 is 10.4 Å². The van der Waals surface area contributed by atoms with E-state index in [0.29, 0.717) is 6.04 Å². The van der Waals surface area contributed by atoms with E-state index in [0.717, 1.165) is 25.8 Å². The van der Waals surface area contributed by atoms with Gasteiger partial charge in [-0.2, -0.15) is 0 Å². The summed E-state index contributed by atoms with van der Waals surface area (Å²) >= 11 is 1.81. The van der Waals surface area contributed by atoms with Gasteiger partial charge in [0.15, 0.2) is 0 Å². The van der Waals surface area contributed by atoms with Crippen LogP contribution in [0.25, 0.3) is 0 Å². The van der Waals surface area contributed by atoms with Crippen molar-refractivity contribution in [2.45, 2.75) is 50.7 Å². The normalized spacial score (nSPS) is 26.2. The van der Waals surface area contributed by atoms with Crippen LogP contribution in [-0.2, 0) is 5.41 Å². The van der Waals surface area contributed by atoms with E-state index in [1.54, 1.807) is 0 Å². The number of hydrogen-bond acceptors (Lipinski definition) is 3. The standard InChI is InChI=1S/C13H21NOS/c1-13(2,12-7-4-8-16-12)9-14-10-5-3-6-11(10)15/h4,7-8,10-11,14-15H,3,5-6,9H2,1-2H3/t10-,11-/m1/s1. The molecule has 2 rings (SSSR count). The van der Waals surface area contributed by atoms with Crippen molar-refractivity contribution < 1.29 is 5.11 Å². The Morgan fingerprint density at radius 3 is 2.88 bits per heavy atom. The van der Waals surface area contributed by atoms with Crippen molar-refractivity contribution in [1.29, 1.82) is 0 Å². The van der Waals surface area contributed by atoms with E-state index in [4.69, 9.17) is 0 Å². The molecule has 2 nitrogen and oxygen atoms in total. The Bertz CT molecular complexity index is 321. The molecule has 16 heavy (non-hydrogen) atoms. The highest BCUT2D eigenvalue weighted by Crippen LogP contribution is 2.27. The second-order valence-electron chi connectivity index (χ2n) is 5.35. The molecule has 0 unspecified atom stereocenters. The molecular weight excluding hydrogens is 218 g/mol. The zero-order valence-corrected chi connectivity index (χ0v) is 10.9. The molecule has 0 saturated heterocycles. The highest BCUT2D eigenvalue weighted by molar-refractivity contribution is 7.10. The van der Waals surface area contributed by atoms with Crippen molar-refractivity contribution >= 4 is 11.3 Å². The second-order valence-corrected chi connectivity index (χ2v) is 6.29. The molecule has 1 aromatic rings. The summed E-state index contributed by atoms with van der Waals surface area (Å²) in [5, 5.41) is 15.4. The molecule has 1 heterocycles. The smallest absolute Gasteiger partial charge is 0.0693 e. The predicted octanol–water partition coefficient (Wildman–Crippen LogP) is 2.53. The average Bonchev–Trinajstić information content (AvgIpc) is 2.85. The van der Waals surface area contributed by atoms with Gasteiger partial charge >= 0.3 is 0 Å². The lowest BCUT2D eigenvalue weighted by Gasteiger charge is -2.27. The van der Waals surface area contributed by atoms with Gasteiger partial charge in [0.25, 0.3) is 0 Å². The SMILES string of the molecule is CC(C)(CN[C@@H]1CCC[C@H]1O)c1cccs1. The van der Waals surface area contributed by atoms with Crippen LogP contribution >= 0.6 is 11.3 Å². The lowest BCUT2D eigenvalue weighted by atomic mass is 9.91. The Hall–Kier alpha value is -0.380. The van der Waals surface area contributed by atoms with Crippen LogP contribution in [0, 0.1) is 0 Å². The number of nitrogens with one attached hydrogen (secondary N) is 1. The van der Waals surface area contributed by atoms with Crippen molar-refractivity contribution in [2.75, 3.05) is 6.54 Å². The molecule has 1 aliphatic rings. The highest BCUT2D eigenvalue weighted by Gasteiger charge is 2.28. The molecule has 1 aromatic heterocycles. The monoisotopic (exact) mass is 239 g/mol. The van der Waals surface area contributed by atoms with E-state index in [1.807, 2.05) is 11.3 Å². The van der Waals surface area contributed by atoms with Crippen LogP contribution in [0.1, 0.15) is 38.0 Å². The van der Waals surface area contributed by atoms with E-state index in [2.05, 4.69) is 36.7 Å². The number of aliphatic hydroxyl groups excluding tert-OH is 1. The fourth-order valence-electron chi connectivity index (χ4n) is 2.32. The van der Waals surface area contributed by atoms with Gasteiger partial charge in [-0.25, -0.2) is 0 Å². The van der Waals surface area contributed by atoms with E-state index < -0.39 is 0 Å². The third-order valence-electron chi connectivity index (χ3n) is 3.47. The minimum absolute atomic E-state index is 0.140. The zero-order valence-electron chi connectivity index (χ0n) is 10.1. The average molecular weight is 239 g/mol. The van der Waals surface area contributed by atoms with Crippen LogP contribution in [0.5, 0.6) is 0 Å². The Morgan fingerprint density at radius 2 is 2.31 bits per heavy atom. The molecule has 0 aliphatic heterocycles. The molecular formula is C13H21NOS. The van der Waals surface area contributed by atoms with Crippen molar-refractivity contribution in [1.82, 2.24) is 5.32 Å². The summed E-state index contributed by atoms with van der Waals surface area (Å²) in [6.45, 7) is 5.45. The minimum Gasteiger partial charge on any atom is -0.392 e. The first-order chi connectivity index (χ1) is 7.59. The maximum Gasteiger partial charge on any atom is 0.0693 e. The van der Waals surface area contributed by atoms with Gasteiger partial charge in [-0.15, -0.1) is 11.3 Å². The predicted molar refractivity (Wildman–Crippen MR) is 69.0 cm³/mol. The first-order valence-corrected chi connectivity index (χ1v) is 6.93. The number of aliphatic hydroxyl groups is 1. The summed E-state index contributed by atoms with van der Waals surface area (Å²) in [6.07, 6.45) is 3.08. The van der Waals surface area contributed by atoms with Crippen LogP contribution in [0.15, 0.2) is 17.5 Å². The lowest BCUT2D eigenvalue weighted by Crippen LogP contribution is -2.42. The third kappa shape index (κ3) is 2.65. The summed E-state index contributed by atoms with van der Waals surface area (Å²) < 4.78 is 0. The summed E-state index contributed by atoms with van der Waals surface area (Å²) in [7, 11) is 0. The molecule has 90 valence electrons. The summed E-state index contributed by atoms with van der Waals surface area (Å²) in [4.78, 5) is 1.41. The fourth-order valence-corrected chi connectivity index (χ4v) is 3.17. The third-order valence-corrected chi connectivity index (χ3v) is 4.71. The molecule has 3 heteroatoms. The summed E-state index contributed by atoms with van der Waals surface area (Å²) in [5.41, 5.74) is 0.163. The zero-order chi connectivity index (χ0) is 11.6. The Morgan fingerprint density at radius 1 is 1.50 bits per heavy atom. The quantitative estimate of drug-likeness (QED) is 0.846. The van der Waals surface area contributed by atoms with Gasteiger partial charge in [0.05, 0.1) is 6.10 Å². The second kappa shape index (κ2) is 4.86. The van der Waals surface area contributed by atoms with E-state index in [1.165, 1.54) is 4.88 Å². The molecule has 0 radical (unpaired) electrons. The number of hydrogen-bond donors (Lipinski definition) is 2. The molecule has 2 atom stereocenters. The molecule has 1 saturated carbocycles. The lowest BCUT2D eigenvalue weighted by molar-refractivity contribution is 0.146. The fraction of sp³-hybridized carbons (Fsp3) is 0.692. The van der Waals surface area contributed by atoms with Crippen molar-refractivity contribution in [2.24, 2.45) is 0 Å². The van der Waals surface area contributed by atoms with Crippen LogP contribution in [-0.4, -0.2) is 23.8 Å². The maximum absolute atomic E-state index is 9.76. The van der Waals surface area contributed by atoms with E-state index in [9.17, 15) is 5.11 Å². The first-order valence-electron chi connectivity index (χ1n) is 6.05. The Kier molecular flexibility index (Phi) is 3.67. The van der Waals surface area contributed by atoms with E-state index in [-0.39, 0.29) is 11.5 Å². The molecule has 2 N–H and O–H groups in total. The maximum atomic E-state index is 9.76. The summed E-state index contributed by atoms with van der Waals surface area (Å²) in [6, 6.07) is 4.60. The van der Waals surface area contributed by atoms with Crippen LogP contribution in [0.2, 0.25) is 0 Å². The van der Waals surface area contributed by atoms with Crippen molar-refractivity contribution in [3.8, 4) is 0 Å². The number of thiophene rings is 1. The first kappa shape index (κ1) is 12.1. The van der Waals surface area contributed by atoms with Gasteiger partial charge in [0.2, 0.25) is 0 Å². The minimum atomic E-state index is -0.140. The topological polar surface area (TPSA) is 32.3 Å². The highest BCUT2D eigenvalue weighted by atomic mass is 32.1. The van der Waals surface area contributed by atoms with Crippen molar-refractivity contribution in [3.63, 3.8) is 0 Å². The molecule has 0 bridgehead atoms. The molecule has 0 aromatic carbocycles. The van der Waals surface area contributed by atoms with Crippen molar-refractivity contribution in [3.05, 3.63) is 22.4 Å². The molecule has 0 spiro atoms. The van der Waals surface area contributed by atoms with Gasteiger partial charge in [-0.05, 0) is 30.7 Å². The van der Waals surface area contributed by atoms with E-state index >= 15 is 0 Å². The van der Waals surface area contributed by atoms with Crippen LogP contribution in [0.3, 0.4) is 0 Å². The summed E-state index contributed by atoms with van der Waals surface area (Å²) in [5.74, 6) is 0. The van der Waals surface area contributed by atoms with Gasteiger partial charge in [-0.1, -0.05) is 19.9 Å². The molecule has 0 amide bonds. The Balaban J connectivity index is 1.89. The Labute approximate surface area is 102 Å². The van der Waals surface area contributed by atoms with Crippen LogP contribution < -0.4 is 5.32 Å². The largest absolute Gasteiger partial charge is 0.392 e. The molecule has 1 fully saturated rings. The van der Waals surface area contributed by atoms with Crippen LogP contribution in [0.4, 0.5) is 0 Å². The number of rotatable bonds is 4. The van der Waals surface area contributed by atoms with Gasteiger partial charge in [-0.3, -0.25) is 0 Å². The van der Waals surface area contributed by atoms with Gasteiger partial charge in [0.1, 0.15) is 0 Å². The molecule has 1 aliphatic carbocycles. The van der Waals surface area contributed by atoms with Gasteiger partial charge in [0, 0.05) is 22.9 Å².